The molecule has 4 nitrogen and oxygen atoms in total. The molecular formula is C15H24FN3O. The molecule has 0 aliphatic carbocycles. The highest BCUT2D eigenvalue weighted by Crippen LogP contribution is 2.23. The van der Waals surface area contributed by atoms with Crippen LogP contribution in [0.2, 0.25) is 0 Å². The number of hydrogen-bond acceptors (Lipinski definition) is 2. The number of benzene rings is 1. The first-order valence-electron chi connectivity index (χ1n) is 6.88. The number of nitrogens with zero attached hydrogens (tertiary/aromatic N) is 1. The number of aliphatic hydroxyl groups excluding tert-OH is 1. The van der Waals surface area contributed by atoms with E-state index in [1.165, 1.54) is 6.07 Å². The van der Waals surface area contributed by atoms with E-state index in [1.807, 2.05) is 26.8 Å². The molecule has 0 saturated carbocycles. The van der Waals surface area contributed by atoms with Crippen molar-refractivity contribution in [2.75, 3.05) is 26.2 Å². The first-order valence-corrected chi connectivity index (χ1v) is 6.88. The fraction of sp³-hybridized carbons (Fsp3) is 0.533. The van der Waals surface area contributed by atoms with Crippen molar-refractivity contribution in [3.8, 4) is 0 Å². The number of rotatable bonds is 6. The van der Waals surface area contributed by atoms with Crippen molar-refractivity contribution in [3.05, 3.63) is 35.6 Å². The van der Waals surface area contributed by atoms with Crippen molar-refractivity contribution in [1.29, 1.82) is 0 Å². The van der Waals surface area contributed by atoms with Crippen LogP contribution in [0.4, 0.5) is 4.39 Å². The van der Waals surface area contributed by atoms with E-state index in [1.54, 1.807) is 12.1 Å². The number of halogens is 1. The molecule has 112 valence electrons. The molecule has 0 aromatic heterocycles. The van der Waals surface area contributed by atoms with E-state index >= 15 is 0 Å². The smallest absolute Gasteiger partial charge is 0.191 e. The fourth-order valence-electron chi connectivity index (χ4n) is 1.79. The van der Waals surface area contributed by atoms with Crippen molar-refractivity contribution in [2.45, 2.75) is 26.2 Å². The maximum Gasteiger partial charge on any atom is 0.191 e. The lowest BCUT2D eigenvalue weighted by Gasteiger charge is -2.24. The van der Waals surface area contributed by atoms with Gasteiger partial charge in [-0.15, -0.1) is 0 Å². The molecular weight excluding hydrogens is 257 g/mol. The summed E-state index contributed by atoms with van der Waals surface area (Å²) in [6, 6.07) is 6.61. The largest absolute Gasteiger partial charge is 0.395 e. The molecule has 0 aliphatic rings. The number of nitrogens with one attached hydrogen (secondary N) is 2. The summed E-state index contributed by atoms with van der Waals surface area (Å²) in [6.45, 7) is 7.81. The van der Waals surface area contributed by atoms with Gasteiger partial charge >= 0.3 is 0 Å². The molecule has 3 N–H and O–H groups in total. The first kappa shape index (κ1) is 16.4. The molecule has 1 aromatic carbocycles. The molecule has 0 radical (unpaired) electrons. The van der Waals surface area contributed by atoms with E-state index in [4.69, 9.17) is 5.11 Å². The average molecular weight is 281 g/mol. The van der Waals surface area contributed by atoms with Gasteiger partial charge in [-0.25, -0.2) is 4.39 Å². The number of aliphatic hydroxyl groups is 1. The molecule has 0 heterocycles. The second-order valence-electron chi connectivity index (χ2n) is 5.24. The summed E-state index contributed by atoms with van der Waals surface area (Å²) in [6.07, 6.45) is 0. The summed E-state index contributed by atoms with van der Waals surface area (Å²) >= 11 is 0. The molecule has 0 spiro atoms. The monoisotopic (exact) mass is 281 g/mol. The standard InChI is InChI=1S/C15H24FN3O/c1-4-17-14(18-8-9-20)19-11-15(2,3)12-6-5-7-13(16)10-12/h5-7,10,20H,4,8-9,11H2,1-3H3,(H2,17,18,19). The number of aliphatic imine (C=N–C) groups is 1. The third kappa shape index (κ3) is 5.17. The van der Waals surface area contributed by atoms with Crippen LogP contribution in [0.5, 0.6) is 0 Å². The maximum absolute atomic E-state index is 13.3. The van der Waals surface area contributed by atoms with Crippen LogP contribution in [0, 0.1) is 5.82 Å². The maximum atomic E-state index is 13.3. The first-order chi connectivity index (χ1) is 9.49. The third-order valence-electron chi connectivity index (χ3n) is 2.99. The topological polar surface area (TPSA) is 56.7 Å². The van der Waals surface area contributed by atoms with Gasteiger partial charge in [0.1, 0.15) is 5.82 Å². The van der Waals surface area contributed by atoms with Gasteiger partial charge in [-0.05, 0) is 24.6 Å². The minimum Gasteiger partial charge on any atom is -0.395 e. The minimum atomic E-state index is -0.260. The molecule has 0 saturated heterocycles. The zero-order chi connectivity index (χ0) is 15.0. The van der Waals surface area contributed by atoms with Gasteiger partial charge < -0.3 is 15.7 Å². The Hall–Kier alpha value is -1.62. The summed E-state index contributed by atoms with van der Waals surface area (Å²) in [5.74, 6) is 0.427. The fourth-order valence-corrected chi connectivity index (χ4v) is 1.79. The van der Waals surface area contributed by atoms with Crippen molar-refractivity contribution in [3.63, 3.8) is 0 Å². The highest BCUT2D eigenvalue weighted by molar-refractivity contribution is 5.79. The van der Waals surface area contributed by atoms with Crippen LogP contribution in [-0.4, -0.2) is 37.3 Å². The van der Waals surface area contributed by atoms with Crippen molar-refractivity contribution in [1.82, 2.24) is 10.6 Å². The van der Waals surface area contributed by atoms with Crippen LogP contribution in [0.3, 0.4) is 0 Å². The van der Waals surface area contributed by atoms with Gasteiger partial charge in [0.2, 0.25) is 0 Å². The lowest BCUT2D eigenvalue weighted by atomic mass is 9.85. The van der Waals surface area contributed by atoms with E-state index < -0.39 is 0 Å². The molecule has 1 rings (SSSR count). The number of guanidine groups is 1. The average Bonchev–Trinajstić information content (AvgIpc) is 2.42. The zero-order valence-corrected chi connectivity index (χ0v) is 12.4. The van der Waals surface area contributed by atoms with Crippen molar-refractivity contribution in [2.24, 2.45) is 4.99 Å². The Morgan fingerprint density at radius 3 is 2.70 bits per heavy atom. The lowest BCUT2D eigenvalue weighted by molar-refractivity contribution is 0.300. The van der Waals surface area contributed by atoms with Gasteiger partial charge in [-0.1, -0.05) is 26.0 Å². The summed E-state index contributed by atoms with van der Waals surface area (Å²) < 4.78 is 13.3. The Kier molecular flexibility index (Phi) is 6.45. The SMILES string of the molecule is CCNC(=NCC(C)(C)c1cccc(F)c1)NCCO. The summed E-state index contributed by atoms with van der Waals surface area (Å²) in [4.78, 5) is 4.49. The van der Waals surface area contributed by atoms with Crippen LogP contribution in [0.15, 0.2) is 29.3 Å². The van der Waals surface area contributed by atoms with Crippen LogP contribution < -0.4 is 10.6 Å². The molecule has 0 amide bonds. The van der Waals surface area contributed by atoms with Gasteiger partial charge in [-0.3, -0.25) is 4.99 Å². The molecule has 0 atom stereocenters. The summed E-state index contributed by atoms with van der Waals surface area (Å²) in [5.41, 5.74) is 0.656. The molecule has 5 heteroatoms. The molecule has 0 aliphatic heterocycles. The van der Waals surface area contributed by atoms with Crippen LogP contribution in [0.1, 0.15) is 26.3 Å². The van der Waals surface area contributed by atoms with E-state index in [9.17, 15) is 4.39 Å². The second-order valence-corrected chi connectivity index (χ2v) is 5.24. The second kappa shape index (κ2) is 7.85. The quantitative estimate of drug-likeness (QED) is 0.549. The van der Waals surface area contributed by atoms with E-state index in [-0.39, 0.29) is 17.8 Å². The van der Waals surface area contributed by atoms with E-state index in [0.717, 1.165) is 12.1 Å². The van der Waals surface area contributed by atoms with E-state index in [2.05, 4.69) is 15.6 Å². The Morgan fingerprint density at radius 2 is 2.10 bits per heavy atom. The van der Waals surface area contributed by atoms with Gasteiger partial charge in [0.25, 0.3) is 0 Å². The van der Waals surface area contributed by atoms with E-state index in [0.29, 0.717) is 19.0 Å². The third-order valence-corrected chi connectivity index (χ3v) is 2.99. The Morgan fingerprint density at radius 1 is 1.35 bits per heavy atom. The van der Waals surface area contributed by atoms with Crippen LogP contribution in [0.25, 0.3) is 0 Å². The predicted octanol–water partition coefficient (Wildman–Crippen LogP) is 1.65. The molecule has 0 unspecified atom stereocenters. The Bertz CT molecular complexity index is 446. The summed E-state index contributed by atoms with van der Waals surface area (Å²) in [5, 5.41) is 15.0. The summed E-state index contributed by atoms with van der Waals surface area (Å²) in [7, 11) is 0. The Balaban J connectivity index is 2.77. The van der Waals surface area contributed by atoms with Crippen LogP contribution in [-0.2, 0) is 5.41 Å². The molecule has 0 bridgehead atoms. The van der Waals surface area contributed by atoms with Gasteiger partial charge in [0.05, 0.1) is 13.2 Å². The highest BCUT2D eigenvalue weighted by atomic mass is 19.1. The molecule has 1 aromatic rings. The highest BCUT2D eigenvalue weighted by Gasteiger charge is 2.20. The molecule has 20 heavy (non-hydrogen) atoms. The van der Waals surface area contributed by atoms with Gasteiger partial charge in [0, 0.05) is 18.5 Å². The van der Waals surface area contributed by atoms with Crippen molar-refractivity contribution < 1.29 is 9.50 Å². The predicted molar refractivity (Wildman–Crippen MR) is 80.5 cm³/mol. The lowest BCUT2D eigenvalue weighted by Crippen LogP contribution is -2.39. The van der Waals surface area contributed by atoms with Gasteiger partial charge in [-0.2, -0.15) is 0 Å². The number of hydrogen-bond donors (Lipinski definition) is 3. The van der Waals surface area contributed by atoms with Crippen LogP contribution >= 0.6 is 0 Å². The van der Waals surface area contributed by atoms with Crippen molar-refractivity contribution >= 4 is 5.96 Å². The minimum absolute atomic E-state index is 0.0533. The normalized spacial score (nSPS) is 12.3. The Labute approximate surface area is 120 Å². The van der Waals surface area contributed by atoms with Gasteiger partial charge in [0.15, 0.2) is 5.96 Å². The zero-order valence-electron chi connectivity index (χ0n) is 12.4. The molecule has 0 fully saturated rings.